The topological polar surface area (TPSA) is 54.1 Å². The molecule has 0 radical (unpaired) electrons. The molecule has 5 rings (SSSR count). The lowest BCUT2D eigenvalue weighted by Crippen LogP contribution is -2.34. The van der Waals surface area contributed by atoms with Crippen LogP contribution in [0, 0.1) is 5.82 Å². The third-order valence-electron chi connectivity index (χ3n) is 5.80. The molecule has 1 aromatic heterocycles. The van der Waals surface area contributed by atoms with Crippen LogP contribution in [0.15, 0.2) is 41.2 Å². The standard InChI is InChI=1S/C22H21FN2O2/c23-19-6-2-5-16-20(19)18-11-17-13(12-24-14-7-9-27-10-8-14)3-1-4-15(17)21(18)25-22(16)26/h1-6,14,24H,7-12H2,(H,25,26). The van der Waals surface area contributed by atoms with E-state index in [1.165, 1.54) is 17.2 Å². The number of rotatable bonds is 3. The molecule has 1 aliphatic heterocycles. The Balaban J connectivity index is 1.54. The average Bonchev–Trinajstić information content (AvgIpc) is 3.06. The van der Waals surface area contributed by atoms with Crippen molar-refractivity contribution in [3.63, 3.8) is 0 Å². The molecule has 2 aromatic carbocycles. The fraction of sp³-hybridized carbons (Fsp3) is 0.318. The number of aromatic nitrogens is 1. The van der Waals surface area contributed by atoms with Crippen molar-refractivity contribution in [1.82, 2.24) is 10.3 Å². The van der Waals surface area contributed by atoms with Gasteiger partial charge in [0.25, 0.3) is 5.56 Å². The summed E-state index contributed by atoms with van der Waals surface area (Å²) in [5.74, 6) is -0.329. The minimum atomic E-state index is -0.329. The van der Waals surface area contributed by atoms with Crippen molar-refractivity contribution in [3.05, 3.63) is 69.3 Å². The summed E-state index contributed by atoms with van der Waals surface area (Å²) in [6.07, 6.45) is 2.70. The van der Waals surface area contributed by atoms with Gasteiger partial charge in [-0.3, -0.25) is 4.79 Å². The van der Waals surface area contributed by atoms with Gasteiger partial charge in [-0.25, -0.2) is 4.39 Å². The van der Waals surface area contributed by atoms with Crippen LogP contribution in [-0.2, 0) is 17.7 Å². The first-order valence-electron chi connectivity index (χ1n) is 9.48. The van der Waals surface area contributed by atoms with Crippen LogP contribution in [-0.4, -0.2) is 24.2 Å². The molecule has 0 unspecified atom stereocenters. The molecule has 0 bridgehead atoms. The van der Waals surface area contributed by atoms with Crippen molar-refractivity contribution < 1.29 is 9.13 Å². The minimum Gasteiger partial charge on any atom is -0.381 e. The van der Waals surface area contributed by atoms with Crippen molar-refractivity contribution in [1.29, 1.82) is 0 Å². The molecule has 3 aromatic rings. The van der Waals surface area contributed by atoms with Crippen LogP contribution in [0.3, 0.4) is 0 Å². The summed E-state index contributed by atoms with van der Waals surface area (Å²) < 4.78 is 20.0. The lowest BCUT2D eigenvalue weighted by Gasteiger charge is -2.23. The molecule has 4 nitrogen and oxygen atoms in total. The van der Waals surface area contributed by atoms with Crippen LogP contribution in [0.5, 0.6) is 0 Å². The molecule has 2 N–H and O–H groups in total. The second-order valence-corrected chi connectivity index (χ2v) is 7.36. The zero-order chi connectivity index (χ0) is 18.4. The predicted molar refractivity (Wildman–Crippen MR) is 103 cm³/mol. The fourth-order valence-corrected chi connectivity index (χ4v) is 4.38. The number of H-pyrrole nitrogens is 1. The number of halogens is 1. The Hall–Kier alpha value is -2.50. The van der Waals surface area contributed by atoms with E-state index in [1.807, 2.05) is 12.1 Å². The van der Waals surface area contributed by atoms with Crippen molar-refractivity contribution in [3.8, 4) is 11.3 Å². The van der Waals surface area contributed by atoms with E-state index in [0.717, 1.165) is 49.4 Å². The highest BCUT2D eigenvalue weighted by Crippen LogP contribution is 2.40. The van der Waals surface area contributed by atoms with Gasteiger partial charge in [0.05, 0.1) is 11.1 Å². The van der Waals surface area contributed by atoms with E-state index >= 15 is 0 Å². The third kappa shape index (κ3) is 2.78. The molecule has 1 saturated heterocycles. The molecular weight excluding hydrogens is 343 g/mol. The maximum atomic E-state index is 14.6. The molecule has 138 valence electrons. The van der Waals surface area contributed by atoms with Gasteiger partial charge in [-0.15, -0.1) is 0 Å². The molecule has 2 heterocycles. The lowest BCUT2D eigenvalue weighted by molar-refractivity contribution is 0.0776. The fourth-order valence-electron chi connectivity index (χ4n) is 4.38. The normalized spacial score (nSPS) is 16.5. The van der Waals surface area contributed by atoms with Crippen LogP contribution in [0.2, 0.25) is 0 Å². The smallest absolute Gasteiger partial charge is 0.256 e. The van der Waals surface area contributed by atoms with E-state index in [0.29, 0.717) is 23.2 Å². The van der Waals surface area contributed by atoms with Gasteiger partial charge in [0.1, 0.15) is 5.82 Å². The van der Waals surface area contributed by atoms with Crippen LogP contribution < -0.4 is 10.9 Å². The Kier molecular flexibility index (Phi) is 4.06. The highest BCUT2D eigenvalue weighted by atomic mass is 19.1. The number of benzene rings is 2. The Labute approximate surface area is 156 Å². The van der Waals surface area contributed by atoms with E-state index in [1.54, 1.807) is 12.1 Å². The first-order chi connectivity index (χ1) is 13.2. The Morgan fingerprint density at radius 3 is 2.78 bits per heavy atom. The summed E-state index contributed by atoms with van der Waals surface area (Å²) in [6.45, 7) is 2.39. The molecule has 27 heavy (non-hydrogen) atoms. The van der Waals surface area contributed by atoms with Crippen molar-refractivity contribution in [2.24, 2.45) is 0 Å². The molecule has 0 amide bonds. The number of ether oxygens (including phenoxy) is 1. The van der Waals surface area contributed by atoms with Crippen molar-refractivity contribution in [2.75, 3.05) is 13.2 Å². The first-order valence-corrected chi connectivity index (χ1v) is 9.48. The number of hydrogen-bond donors (Lipinski definition) is 2. The highest BCUT2D eigenvalue weighted by Gasteiger charge is 2.26. The van der Waals surface area contributed by atoms with Crippen LogP contribution in [0.25, 0.3) is 22.0 Å². The maximum absolute atomic E-state index is 14.6. The van der Waals surface area contributed by atoms with Crippen LogP contribution >= 0.6 is 0 Å². The summed E-state index contributed by atoms with van der Waals surface area (Å²) in [5.41, 5.74) is 4.82. The second kappa shape index (κ2) is 6.59. The second-order valence-electron chi connectivity index (χ2n) is 7.36. The molecule has 1 fully saturated rings. The number of nitrogens with one attached hydrogen (secondary N) is 2. The van der Waals surface area contributed by atoms with E-state index in [9.17, 15) is 9.18 Å². The van der Waals surface area contributed by atoms with Crippen molar-refractivity contribution >= 4 is 10.8 Å². The number of pyridine rings is 1. The van der Waals surface area contributed by atoms with E-state index in [-0.39, 0.29) is 11.4 Å². The molecule has 2 aliphatic rings. The van der Waals surface area contributed by atoms with Crippen LogP contribution in [0.1, 0.15) is 29.5 Å². The van der Waals surface area contributed by atoms with Gasteiger partial charge in [0.2, 0.25) is 0 Å². The van der Waals surface area contributed by atoms with Gasteiger partial charge in [-0.05, 0) is 41.7 Å². The van der Waals surface area contributed by atoms with E-state index in [4.69, 9.17) is 4.74 Å². The summed E-state index contributed by atoms with van der Waals surface area (Å²) in [6, 6.07) is 11.3. The Morgan fingerprint density at radius 2 is 1.93 bits per heavy atom. The number of hydrogen-bond acceptors (Lipinski definition) is 3. The predicted octanol–water partition coefficient (Wildman–Crippen LogP) is 3.51. The van der Waals surface area contributed by atoms with Gasteiger partial charge in [0, 0.05) is 43.2 Å². The van der Waals surface area contributed by atoms with Gasteiger partial charge >= 0.3 is 0 Å². The summed E-state index contributed by atoms with van der Waals surface area (Å²) in [5, 5.41) is 4.50. The molecule has 0 saturated carbocycles. The van der Waals surface area contributed by atoms with E-state index < -0.39 is 0 Å². The summed E-state index contributed by atoms with van der Waals surface area (Å²) in [7, 11) is 0. The number of aromatic amines is 1. The minimum absolute atomic E-state index is 0.234. The van der Waals surface area contributed by atoms with Gasteiger partial charge in [0.15, 0.2) is 0 Å². The Morgan fingerprint density at radius 1 is 1.11 bits per heavy atom. The monoisotopic (exact) mass is 364 g/mol. The van der Waals surface area contributed by atoms with Crippen molar-refractivity contribution in [2.45, 2.75) is 31.8 Å². The zero-order valence-corrected chi connectivity index (χ0v) is 15.0. The quantitative estimate of drug-likeness (QED) is 0.585. The Bertz CT molecular complexity index is 1080. The van der Waals surface area contributed by atoms with Gasteiger partial charge in [-0.1, -0.05) is 24.3 Å². The first kappa shape index (κ1) is 16.7. The summed E-state index contributed by atoms with van der Waals surface area (Å²) >= 11 is 0. The molecule has 0 atom stereocenters. The summed E-state index contributed by atoms with van der Waals surface area (Å²) in [4.78, 5) is 15.5. The molecule has 1 aliphatic carbocycles. The maximum Gasteiger partial charge on any atom is 0.256 e. The molecular formula is C22H21FN2O2. The van der Waals surface area contributed by atoms with E-state index in [2.05, 4.69) is 16.4 Å². The lowest BCUT2D eigenvalue weighted by atomic mass is 10.0. The van der Waals surface area contributed by atoms with Gasteiger partial charge in [-0.2, -0.15) is 0 Å². The van der Waals surface area contributed by atoms with Gasteiger partial charge < -0.3 is 15.0 Å². The number of fused-ring (bicyclic) bond motifs is 5. The van der Waals surface area contributed by atoms with Crippen LogP contribution in [0.4, 0.5) is 4.39 Å². The third-order valence-corrected chi connectivity index (χ3v) is 5.80. The average molecular weight is 364 g/mol. The largest absolute Gasteiger partial charge is 0.381 e. The highest BCUT2D eigenvalue weighted by molar-refractivity contribution is 5.93. The zero-order valence-electron chi connectivity index (χ0n) is 15.0. The molecule has 0 spiro atoms. The molecule has 5 heteroatoms. The SMILES string of the molecule is O=c1[nH]c2c(c3c(F)cccc13)Cc1c(CNC3CCOCC3)cccc1-2.